The summed E-state index contributed by atoms with van der Waals surface area (Å²) in [6, 6.07) is 5.95. The molecule has 2 fully saturated rings. The number of piperidine rings is 1. The van der Waals surface area contributed by atoms with Gasteiger partial charge in [0.25, 0.3) is 0 Å². The fourth-order valence-corrected chi connectivity index (χ4v) is 3.42. The minimum absolute atomic E-state index is 0.118. The first-order valence-electron chi connectivity index (χ1n) is 8.53. The van der Waals surface area contributed by atoms with Crippen molar-refractivity contribution in [2.24, 2.45) is 5.92 Å². The number of rotatable bonds is 6. The summed E-state index contributed by atoms with van der Waals surface area (Å²) >= 11 is 0. The van der Waals surface area contributed by atoms with E-state index in [1.807, 2.05) is 6.07 Å². The Morgan fingerprint density at radius 3 is 2.62 bits per heavy atom. The summed E-state index contributed by atoms with van der Waals surface area (Å²) in [5.74, 6) is 0.770. The van der Waals surface area contributed by atoms with E-state index in [0.29, 0.717) is 6.04 Å². The molecule has 0 spiro atoms. The third kappa shape index (κ3) is 3.97. The molecule has 3 heteroatoms. The van der Waals surface area contributed by atoms with Crippen LogP contribution in [-0.2, 0) is 6.54 Å². The molecule has 1 saturated carbocycles. The van der Waals surface area contributed by atoms with E-state index in [-0.39, 0.29) is 5.82 Å². The SMILES string of the molecule is CCCC1CCN(c2ccc(F)cc2CNC2CC2)CC1. The van der Waals surface area contributed by atoms with Gasteiger partial charge in [0.15, 0.2) is 0 Å². The summed E-state index contributed by atoms with van der Waals surface area (Å²) in [4.78, 5) is 2.45. The molecule has 2 nitrogen and oxygen atoms in total. The maximum Gasteiger partial charge on any atom is 0.123 e. The third-order valence-corrected chi connectivity index (χ3v) is 4.85. The van der Waals surface area contributed by atoms with E-state index >= 15 is 0 Å². The van der Waals surface area contributed by atoms with Crippen LogP contribution in [0.15, 0.2) is 18.2 Å². The highest BCUT2D eigenvalue weighted by molar-refractivity contribution is 5.54. The van der Waals surface area contributed by atoms with E-state index in [2.05, 4.69) is 17.1 Å². The first kappa shape index (κ1) is 14.8. The van der Waals surface area contributed by atoms with E-state index in [1.54, 1.807) is 12.1 Å². The fraction of sp³-hybridized carbons (Fsp3) is 0.667. The molecule has 0 radical (unpaired) electrons. The summed E-state index contributed by atoms with van der Waals surface area (Å²) < 4.78 is 13.6. The average molecular weight is 290 g/mol. The lowest BCUT2D eigenvalue weighted by molar-refractivity contribution is 0.378. The summed E-state index contributed by atoms with van der Waals surface area (Å²) in [6.07, 6.45) is 7.74. The highest BCUT2D eigenvalue weighted by Crippen LogP contribution is 2.29. The number of hydrogen-bond acceptors (Lipinski definition) is 2. The van der Waals surface area contributed by atoms with E-state index in [9.17, 15) is 4.39 Å². The number of nitrogens with zero attached hydrogens (tertiary/aromatic N) is 1. The predicted molar refractivity (Wildman–Crippen MR) is 86.1 cm³/mol. The lowest BCUT2D eigenvalue weighted by atomic mass is 9.92. The van der Waals surface area contributed by atoms with Gasteiger partial charge in [0, 0.05) is 31.4 Å². The van der Waals surface area contributed by atoms with Crippen LogP contribution in [0.1, 0.15) is 51.0 Å². The summed E-state index contributed by atoms with van der Waals surface area (Å²) in [5.41, 5.74) is 2.36. The van der Waals surface area contributed by atoms with Crippen molar-refractivity contribution in [3.63, 3.8) is 0 Å². The Hall–Kier alpha value is -1.09. The first-order chi connectivity index (χ1) is 10.3. The van der Waals surface area contributed by atoms with Gasteiger partial charge in [-0.3, -0.25) is 0 Å². The van der Waals surface area contributed by atoms with Gasteiger partial charge in [0.2, 0.25) is 0 Å². The second kappa shape index (κ2) is 6.78. The van der Waals surface area contributed by atoms with Crippen LogP contribution in [0.25, 0.3) is 0 Å². The summed E-state index contributed by atoms with van der Waals surface area (Å²) in [6.45, 7) is 5.31. The minimum atomic E-state index is -0.118. The van der Waals surface area contributed by atoms with Crippen LogP contribution < -0.4 is 10.2 Å². The Labute approximate surface area is 127 Å². The van der Waals surface area contributed by atoms with Crippen LogP contribution in [0.3, 0.4) is 0 Å². The Balaban J connectivity index is 1.66. The molecule has 3 rings (SSSR count). The van der Waals surface area contributed by atoms with Crippen molar-refractivity contribution in [2.75, 3.05) is 18.0 Å². The Kier molecular flexibility index (Phi) is 4.79. The highest BCUT2D eigenvalue weighted by Gasteiger charge is 2.23. The highest BCUT2D eigenvalue weighted by atomic mass is 19.1. The topological polar surface area (TPSA) is 15.3 Å². The Morgan fingerprint density at radius 2 is 1.95 bits per heavy atom. The van der Waals surface area contributed by atoms with Gasteiger partial charge in [0.05, 0.1) is 0 Å². The van der Waals surface area contributed by atoms with Crippen molar-refractivity contribution >= 4 is 5.69 Å². The van der Waals surface area contributed by atoms with Crippen LogP contribution in [0.2, 0.25) is 0 Å². The van der Waals surface area contributed by atoms with E-state index < -0.39 is 0 Å². The molecule has 1 aliphatic heterocycles. The molecule has 0 unspecified atom stereocenters. The lowest BCUT2D eigenvalue weighted by Gasteiger charge is -2.35. The van der Waals surface area contributed by atoms with Crippen molar-refractivity contribution in [1.29, 1.82) is 0 Å². The number of anilines is 1. The number of hydrogen-bond donors (Lipinski definition) is 1. The molecular formula is C18H27FN2. The van der Waals surface area contributed by atoms with Crippen molar-refractivity contribution < 1.29 is 4.39 Å². The monoisotopic (exact) mass is 290 g/mol. The van der Waals surface area contributed by atoms with E-state index in [0.717, 1.165) is 31.1 Å². The maximum absolute atomic E-state index is 13.6. The molecule has 2 aliphatic rings. The zero-order valence-electron chi connectivity index (χ0n) is 13.1. The van der Waals surface area contributed by atoms with E-state index in [1.165, 1.54) is 44.2 Å². The van der Waals surface area contributed by atoms with Crippen molar-refractivity contribution in [3.05, 3.63) is 29.6 Å². The predicted octanol–water partition coefficient (Wildman–Crippen LogP) is 4.09. The van der Waals surface area contributed by atoms with E-state index in [4.69, 9.17) is 0 Å². The molecule has 1 aromatic rings. The van der Waals surface area contributed by atoms with Crippen LogP contribution in [-0.4, -0.2) is 19.1 Å². The van der Waals surface area contributed by atoms with Crippen LogP contribution in [0.4, 0.5) is 10.1 Å². The molecule has 0 atom stereocenters. The van der Waals surface area contributed by atoms with Crippen molar-refractivity contribution in [3.8, 4) is 0 Å². The number of nitrogens with one attached hydrogen (secondary N) is 1. The van der Waals surface area contributed by atoms with Gasteiger partial charge in [-0.05, 0) is 55.4 Å². The van der Waals surface area contributed by atoms with Gasteiger partial charge < -0.3 is 10.2 Å². The molecule has 116 valence electrons. The zero-order chi connectivity index (χ0) is 14.7. The summed E-state index contributed by atoms with van der Waals surface area (Å²) in [5, 5.41) is 3.52. The standard InChI is InChI=1S/C18H27FN2/c1-2-3-14-8-10-21(11-9-14)18-7-4-16(19)12-15(18)13-20-17-5-6-17/h4,7,12,14,17,20H,2-3,5-6,8-11,13H2,1H3. The third-order valence-electron chi connectivity index (χ3n) is 4.85. The molecule has 1 aliphatic carbocycles. The summed E-state index contributed by atoms with van der Waals surface area (Å²) in [7, 11) is 0. The zero-order valence-corrected chi connectivity index (χ0v) is 13.1. The van der Waals surface area contributed by atoms with Crippen LogP contribution in [0, 0.1) is 11.7 Å². The molecule has 0 amide bonds. The smallest absolute Gasteiger partial charge is 0.123 e. The molecule has 0 aromatic heterocycles. The Bertz CT molecular complexity index is 462. The van der Waals surface area contributed by atoms with Gasteiger partial charge in [-0.25, -0.2) is 4.39 Å². The molecule has 1 N–H and O–H groups in total. The average Bonchev–Trinajstić information content (AvgIpc) is 3.31. The molecule has 0 bridgehead atoms. The minimum Gasteiger partial charge on any atom is -0.371 e. The lowest BCUT2D eigenvalue weighted by Crippen LogP contribution is -2.34. The van der Waals surface area contributed by atoms with Crippen LogP contribution >= 0.6 is 0 Å². The quantitative estimate of drug-likeness (QED) is 0.848. The normalized spacial score (nSPS) is 20.0. The number of benzene rings is 1. The first-order valence-corrected chi connectivity index (χ1v) is 8.53. The van der Waals surface area contributed by atoms with Crippen LogP contribution in [0.5, 0.6) is 0 Å². The van der Waals surface area contributed by atoms with Gasteiger partial charge in [-0.1, -0.05) is 19.8 Å². The molecule has 1 aromatic carbocycles. The van der Waals surface area contributed by atoms with Crippen molar-refractivity contribution in [1.82, 2.24) is 5.32 Å². The fourth-order valence-electron chi connectivity index (χ4n) is 3.42. The number of halogens is 1. The van der Waals surface area contributed by atoms with Gasteiger partial charge in [0.1, 0.15) is 5.82 Å². The maximum atomic E-state index is 13.6. The van der Waals surface area contributed by atoms with Gasteiger partial charge in [-0.2, -0.15) is 0 Å². The molecule has 1 heterocycles. The second-order valence-electron chi connectivity index (χ2n) is 6.65. The molecule has 21 heavy (non-hydrogen) atoms. The molecular weight excluding hydrogens is 263 g/mol. The van der Waals surface area contributed by atoms with Gasteiger partial charge >= 0.3 is 0 Å². The van der Waals surface area contributed by atoms with Crippen molar-refractivity contribution in [2.45, 2.75) is 58.0 Å². The second-order valence-corrected chi connectivity index (χ2v) is 6.65. The Morgan fingerprint density at radius 1 is 1.19 bits per heavy atom. The van der Waals surface area contributed by atoms with Gasteiger partial charge in [-0.15, -0.1) is 0 Å². The largest absolute Gasteiger partial charge is 0.371 e. The molecule has 1 saturated heterocycles.